The van der Waals surface area contributed by atoms with Gasteiger partial charge in [-0.3, -0.25) is 14.4 Å². The van der Waals surface area contributed by atoms with E-state index in [2.05, 4.69) is 20.6 Å². The van der Waals surface area contributed by atoms with Gasteiger partial charge in [0.05, 0.1) is 12.3 Å². The SMILES string of the molecule is CCCc1cc(=O)[nH]c(SCC(=O)NCC(=O)Nc2c(C)cccc2C)n1. The summed E-state index contributed by atoms with van der Waals surface area (Å²) in [4.78, 5) is 42.6. The van der Waals surface area contributed by atoms with E-state index in [4.69, 9.17) is 0 Å². The molecule has 3 N–H and O–H groups in total. The summed E-state index contributed by atoms with van der Waals surface area (Å²) in [5.41, 5.74) is 3.17. The van der Waals surface area contributed by atoms with Crippen LogP contribution in [0.4, 0.5) is 5.69 Å². The third-order valence-corrected chi connectivity index (χ3v) is 4.68. The van der Waals surface area contributed by atoms with Crippen molar-refractivity contribution in [3.63, 3.8) is 0 Å². The highest BCUT2D eigenvalue weighted by molar-refractivity contribution is 7.99. The van der Waals surface area contributed by atoms with Crippen molar-refractivity contribution < 1.29 is 9.59 Å². The molecule has 0 aliphatic heterocycles. The monoisotopic (exact) mass is 388 g/mol. The van der Waals surface area contributed by atoms with E-state index in [1.807, 2.05) is 39.0 Å². The molecule has 2 amide bonds. The van der Waals surface area contributed by atoms with Crippen LogP contribution in [-0.4, -0.2) is 34.1 Å². The Kier molecular flexibility index (Phi) is 7.60. The van der Waals surface area contributed by atoms with Gasteiger partial charge in [0, 0.05) is 17.4 Å². The molecule has 7 nitrogen and oxygen atoms in total. The number of benzene rings is 1. The molecule has 0 saturated heterocycles. The predicted octanol–water partition coefficient (Wildman–Crippen LogP) is 2.19. The Morgan fingerprint density at radius 1 is 1.19 bits per heavy atom. The number of aromatic nitrogens is 2. The third-order valence-electron chi connectivity index (χ3n) is 3.81. The lowest BCUT2D eigenvalue weighted by Crippen LogP contribution is -2.34. The highest BCUT2D eigenvalue weighted by Gasteiger charge is 2.10. The van der Waals surface area contributed by atoms with Gasteiger partial charge >= 0.3 is 0 Å². The Labute approximate surface area is 162 Å². The maximum Gasteiger partial charge on any atom is 0.251 e. The van der Waals surface area contributed by atoms with E-state index in [1.165, 1.54) is 6.07 Å². The number of nitrogens with zero attached hydrogens (tertiary/aromatic N) is 1. The molecule has 8 heteroatoms. The van der Waals surface area contributed by atoms with Crippen LogP contribution in [0.1, 0.15) is 30.2 Å². The molecule has 0 aliphatic carbocycles. The van der Waals surface area contributed by atoms with Crippen LogP contribution < -0.4 is 16.2 Å². The summed E-state index contributed by atoms with van der Waals surface area (Å²) in [6, 6.07) is 7.22. The van der Waals surface area contributed by atoms with E-state index < -0.39 is 0 Å². The van der Waals surface area contributed by atoms with Crippen molar-refractivity contribution in [3.8, 4) is 0 Å². The first kappa shape index (κ1) is 20.7. The van der Waals surface area contributed by atoms with Gasteiger partial charge in [0.15, 0.2) is 5.16 Å². The van der Waals surface area contributed by atoms with Crippen molar-refractivity contribution in [1.29, 1.82) is 0 Å². The van der Waals surface area contributed by atoms with Crippen LogP contribution in [0.5, 0.6) is 0 Å². The number of aryl methyl sites for hydroxylation is 3. The number of amides is 2. The minimum Gasteiger partial charge on any atom is -0.346 e. The highest BCUT2D eigenvalue weighted by Crippen LogP contribution is 2.19. The number of carbonyl (C=O) groups excluding carboxylic acids is 2. The van der Waals surface area contributed by atoms with Crippen LogP contribution in [-0.2, 0) is 16.0 Å². The van der Waals surface area contributed by atoms with Crippen molar-refractivity contribution in [2.24, 2.45) is 0 Å². The lowest BCUT2D eigenvalue weighted by atomic mass is 10.1. The van der Waals surface area contributed by atoms with Crippen molar-refractivity contribution in [1.82, 2.24) is 15.3 Å². The smallest absolute Gasteiger partial charge is 0.251 e. The van der Waals surface area contributed by atoms with Gasteiger partial charge in [0.25, 0.3) is 5.56 Å². The molecular formula is C19H24N4O3S. The van der Waals surface area contributed by atoms with Gasteiger partial charge in [-0.25, -0.2) is 4.98 Å². The molecule has 1 heterocycles. The summed E-state index contributed by atoms with van der Waals surface area (Å²) >= 11 is 1.13. The molecule has 0 spiro atoms. The van der Waals surface area contributed by atoms with Crippen molar-refractivity contribution in [2.45, 2.75) is 38.8 Å². The molecule has 2 aromatic rings. The molecule has 0 atom stereocenters. The second kappa shape index (κ2) is 9.91. The third kappa shape index (κ3) is 6.56. The second-order valence-electron chi connectivity index (χ2n) is 6.17. The number of aromatic amines is 1. The summed E-state index contributed by atoms with van der Waals surface area (Å²) in [6.07, 6.45) is 1.60. The summed E-state index contributed by atoms with van der Waals surface area (Å²) < 4.78 is 0. The molecule has 1 aromatic heterocycles. The maximum atomic E-state index is 12.1. The Hall–Kier alpha value is -2.61. The Bertz CT molecular complexity index is 859. The molecule has 2 rings (SSSR count). The topological polar surface area (TPSA) is 104 Å². The van der Waals surface area contributed by atoms with E-state index >= 15 is 0 Å². The normalized spacial score (nSPS) is 10.5. The zero-order valence-electron chi connectivity index (χ0n) is 15.7. The minimum atomic E-state index is -0.305. The molecule has 0 saturated carbocycles. The van der Waals surface area contributed by atoms with Crippen LogP contribution in [0.3, 0.4) is 0 Å². The Balaban J connectivity index is 1.82. The first-order chi connectivity index (χ1) is 12.9. The van der Waals surface area contributed by atoms with E-state index in [1.54, 1.807) is 0 Å². The van der Waals surface area contributed by atoms with E-state index in [0.717, 1.165) is 35.0 Å². The lowest BCUT2D eigenvalue weighted by molar-refractivity contribution is -0.122. The fourth-order valence-corrected chi connectivity index (χ4v) is 3.22. The van der Waals surface area contributed by atoms with Gasteiger partial charge in [0.2, 0.25) is 11.8 Å². The van der Waals surface area contributed by atoms with Crippen LogP contribution in [0.2, 0.25) is 0 Å². The van der Waals surface area contributed by atoms with Gasteiger partial charge in [-0.1, -0.05) is 43.3 Å². The summed E-state index contributed by atoms with van der Waals surface area (Å²) in [5, 5.41) is 5.79. The second-order valence-corrected chi connectivity index (χ2v) is 7.14. The largest absolute Gasteiger partial charge is 0.346 e. The average Bonchev–Trinajstić information content (AvgIpc) is 2.61. The number of hydrogen-bond acceptors (Lipinski definition) is 5. The summed E-state index contributed by atoms with van der Waals surface area (Å²) in [5.74, 6) is -0.530. The molecule has 27 heavy (non-hydrogen) atoms. The van der Waals surface area contributed by atoms with Gasteiger partial charge < -0.3 is 15.6 Å². The van der Waals surface area contributed by atoms with Gasteiger partial charge in [0.1, 0.15) is 0 Å². The quantitative estimate of drug-likeness (QED) is 0.475. The molecule has 0 bridgehead atoms. The Morgan fingerprint density at radius 2 is 1.89 bits per heavy atom. The van der Waals surface area contributed by atoms with Crippen LogP contribution >= 0.6 is 11.8 Å². The number of carbonyl (C=O) groups is 2. The van der Waals surface area contributed by atoms with E-state index in [9.17, 15) is 14.4 Å². The first-order valence-corrected chi connectivity index (χ1v) is 9.73. The molecule has 0 unspecified atom stereocenters. The van der Waals surface area contributed by atoms with Crippen LogP contribution in [0.25, 0.3) is 0 Å². The standard InChI is InChI=1S/C19H24N4O3S/c1-4-6-14-9-15(24)23-19(21-14)27-11-17(26)20-10-16(25)22-18-12(2)7-5-8-13(18)3/h5,7-9H,4,6,10-11H2,1-3H3,(H,20,26)(H,22,25)(H,21,23,24). The molecule has 1 aromatic carbocycles. The molecule has 0 aliphatic rings. The number of thioether (sulfide) groups is 1. The summed E-state index contributed by atoms with van der Waals surface area (Å²) in [6.45, 7) is 5.72. The first-order valence-electron chi connectivity index (χ1n) is 8.75. The fourth-order valence-electron chi connectivity index (χ4n) is 2.50. The zero-order chi connectivity index (χ0) is 19.8. The zero-order valence-corrected chi connectivity index (χ0v) is 16.5. The van der Waals surface area contributed by atoms with Gasteiger partial charge in [-0.2, -0.15) is 0 Å². The number of rotatable bonds is 8. The molecule has 0 radical (unpaired) electrons. The molecule has 144 valence electrons. The van der Waals surface area contributed by atoms with Crippen LogP contribution in [0, 0.1) is 13.8 Å². The summed E-state index contributed by atoms with van der Waals surface area (Å²) in [7, 11) is 0. The average molecular weight is 388 g/mol. The van der Waals surface area contributed by atoms with Crippen LogP contribution in [0.15, 0.2) is 34.2 Å². The number of H-pyrrole nitrogens is 1. The maximum absolute atomic E-state index is 12.1. The van der Waals surface area contributed by atoms with Crippen molar-refractivity contribution in [3.05, 3.63) is 51.4 Å². The number of hydrogen-bond donors (Lipinski definition) is 3. The fraction of sp³-hybridized carbons (Fsp3) is 0.368. The Morgan fingerprint density at radius 3 is 2.56 bits per heavy atom. The number of anilines is 1. The lowest BCUT2D eigenvalue weighted by Gasteiger charge is -2.11. The molecular weight excluding hydrogens is 364 g/mol. The predicted molar refractivity (Wildman–Crippen MR) is 107 cm³/mol. The van der Waals surface area contributed by atoms with Crippen molar-refractivity contribution >= 4 is 29.3 Å². The minimum absolute atomic E-state index is 0.0647. The van der Waals surface area contributed by atoms with E-state index in [-0.39, 0.29) is 29.7 Å². The molecule has 0 fully saturated rings. The van der Waals surface area contributed by atoms with E-state index in [0.29, 0.717) is 17.3 Å². The van der Waals surface area contributed by atoms with Crippen molar-refractivity contribution in [2.75, 3.05) is 17.6 Å². The number of nitrogens with one attached hydrogen (secondary N) is 3. The number of para-hydroxylation sites is 1. The highest BCUT2D eigenvalue weighted by atomic mass is 32.2. The van der Waals surface area contributed by atoms with Gasteiger partial charge in [-0.05, 0) is 31.4 Å². The van der Waals surface area contributed by atoms with Gasteiger partial charge in [-0.15, -0.1) is 0 Å².